The summed E-state index contributed by atoms with van der Waals surface area (Å²) >= 11 is 6.24. The largest absolute Gasteiger partial charge is 0.496 e. The van der Waals surface area contributed by atoms with Gasteiger partial charge in [-0.1, -0.05) is 42.5 Å². The zero-order valence-electron chi connectivity index (χ0n) is 11.5. The number of halogens is 1. The standard InChI is InChI=1S/C15H20ClNO/c1-7-13(16)15(14(8-2)18-6)12(10-17-5)9-11(3)4/h7-10H,2-3H2,1,4-6H3/b12-9+,13-7+,15-14+,17-10?. The van der Waals surface area contributed by atoms with E-state index < -0.39 is 0 Å². The Labute approximate surface area is 115 Å². The summed E-state index contributed by atoms with van der Waals surface area (Å²) in [6.07, 6.45) is 7.04. The smallest absolute Gasteiger partial charge is 0.127 e. The first kappa shape index (κ1) is 16.5. The third-order valence-corrected chi connectivity index (χ3v) is 2.51. The molecule has 0 amide bonds. The molecule has 0 unspecified atom stereocenters. The van der Waals surface area contributed by atoms with Gasteiger partial charge in [0, 0.05) is 29.4 Å². The normalized spacial score (nSPS) is 14.5. The van der Waals surface area contributed by atoms with E-state index in [0.29, 0.717) is 10.8 Å². The van der Waals surface area contributed by atoms with Gasteiger partial charge in [0.1, 0.15) is 5.76 Å². The lowest BCUT2D eigenvalue weighted by Gasteiger charge is -2.12. The summed E-state index contributed by atoms with van der Waals surface area (Å²) in [7, 11) is 3.28. The van der Waals surface area contributed by atoms with Crippen molar-refractivity contribution in [2.75, 3.05) is 14.2 Å². The molecule has 3 heteroatoms. The van der Waals surface area contributed by atoms with Gasteiger partial charge in [0.25, 0.3) is 0 Å². The first-order valence-corrected chi connectivity index (χ1v) is 5.92. The highest BCUT2D eigenvalue weighted by Crippen LogP contribution is 2.27. The average Bonchev–Trinajstić information content (AvgIpc) is 2.34. The highest BCUT2D eigenvalue weighted by atomic mass is 35.5. The number of allylic oxidation sites excluding steroid dienone is 7. The Morgan fingerprint density at radius 3 is 2.33 bits per heavy atom. The summed E-state index contributed by atoms with van der Waals surface area (Å²) in [5, 5.41) is 0.583. The minimum Gasteiger partial charge on any atom is -0.496 e. The molecule has 0 saturated carbocycles. The summed E-state index contributed by atoms with van der Waals surface area (Å²) in [4.78, 5) is 4.03. The third kappa shape index (κ3) is 4.76. The average molecular weight is 266 g/mol. The number of ether oxygens (including phenoxy) is 1. The van der Waals surface area contributed by atoms with E-state index in [0.717, 1.165) is 16.7 Å². The van der Waals surface area contributed by atoms with Crippen LogP contribution in [-0.2, 0) is 4.74 Å². The van der Waals surface area contributed by atoms with E-state index in [9.17, 15) is 0 Å². The summed E-state index contributed by atoms with van der Waals surface area (Å²) < 4.78 is 5.30. The van der Waals surface area contributed by atoms with Crippen LogP contribution in [0.5, 0.6) is 0 Å². The minimum absolute atomic E-state index is 0.583. The van der Waals surface area contributed by atoms with Crippen LogP contribution in [0, 0.1) is 0 Å². The molecule has 18 heavy (non-hydrogen) atoms. The lowest BCUT2D eigenvalue weighted by molar-refractivity contribution is 0.304. The zero-order valence-corrected chi connectivity index (χ0v) is 12.2. The Morgan fingerprint density at radius 1 is 1.39 bits per heavy atom. The summed E-state index contributed by atoms with van der Waals surface area (Å²) in [5.74, 6) is 0.602. The Kier molecular flexibility index (Phi) is 7.81. The minimum atomic E-state index is 0.583. The number of hydrogen-bond acceptors (Lipinski definition) is 2. The molecule has 0 atom stereocenters. The van der Waals surface area contributed by atoms with Crippen molar-refractivity contribution in [1.29, 1.82) is 0 Å². The number of hydrogen-bond donors (Lipinski definition) is 0. The molecule has 0 aromatic carbocycles. The Balaban J connectivity index is 6.07. The molecule has 0 rings (SSSR count). The van der Waals surface area contributed by atoms with Crippen LogP contribution in [0.15, 0.2) is 63.9 Å². The van der Waals surface area contributed by atoms with Crippen LogP contribution in [0.2, 0.25) is 0 Å². The molecule has 0 spiro atoms. The quantitative estimate of drug-likeness (QED) is 0.396. The fraction of sp³-hybridized carbons (Fsp3) is 0.267. The van der Waals surface area contributed by atoms with Gasteiger partial charge in [-0.15, -0.1) is 0 Å². The van der Waals surface area contributed by atoms with Crippen molar-refractivity contribution >= 4 is 17.8 Å². The Morgan fingerprint density at radius 2 is 2.00 bits per heavy atom. The lowest BCUT2D eigenvalue weighted by Crippen LogP contribution is -1.99. The molecule has 0 saturated heterocycles. The number of rotatable bonds is 6. The SMILES string of the molecule is C=C/C(OC)=C(C(/C=NC)=C/C(=C)C)\C(Cl)=C/C. The van der Waals surface area contributed by atoms with E-state index in [1.807, 2.05) is 19.9 Å². The highest BCUT2D eigenvalue weighted by Gasteiger charge is 2.12. The van der Waals surface area contributed by atoms with Gasteiger partial charge in [-0.3, -0.25) is 4.99 Å². The maximum Gasteiger partial charge on any atom is 0.127 e. The van der Waals surface area contributed by atoms with Crippen molar-refractivity contribution in [3.05, 3.63) is 58.9 Å². The molecule has 0 bridgehead atoms. The summed E-state index contributed by atoms with van der Waals surface area (Å²) in [5.41, 5.74) is 2.50. The van der Waals surface area contributed by atoms with Gasteiger partial charge in [-0.05, 0) is 19.9 Å². The second-order valence-corrected chi connectivity index (χ2v) is 4.02. The van der Waals surface area contributed by atoms with Crippen LogP contribution in [0.4, 0.5) is 0 Å². The second kappa shape index (κ2) is 8.54. The van der Waals surface area contributed by atoms with Gasteiger partial charge in [0.2, 0.25) is 0 Å². The number of nitrogens with zero attached hydrogens (tertiary/aromatic N) is 1. The van der Waals surface area contributed by atoms with Crippen molar-refractivity contribution < 1.29 is 4.74 Å². The molecule has 0 fully saturated rings. The van der Waals surface area contributed by atoms with Crippen LogP contribution in [0.1, 0.15) is 13.8 Å². The molecule has 0 radical (unpaired) electrons. The van der Waals surface area contributed by atoms with Crippen molar-refractivity contribution in [3.8, 4) is 0 Å². The molecular formula is C15H20ClNO. The van der Waals surface area contributed by atoms with Crippen molar-refractivity contribution in [2.45, 2.75) is 13.8 Å². The molecule has 0 aliphatic heterocycles. The summed E-state index contributed by atoms with van der Waals surface area (Å²) in [6.45, 7) is 11.4. The highest BCUT2D eigenvalue weighted by molar-refractivity contribution is 6.33. The maximum atomic E-state index is 6.24. The van der Waals surface area contributed by atoms with E-state index in [1.165, 1.54) is 0 Å². The van der Waals surface area contributed by atoms with Gasteiger partial charge in [0.05, 0.1) is 7.11 Å². The Hall–Kier alpha value is -1.54. The lowest BCUT2D eigenvalue weighted by atomic mass is 10.0. The zero-order chi connectivity index (χ0) is 14.1. The van der Waals surface area contributed by atoms with Crippen LogP contribution in [-0.4, -0.2) is 20.4 Å². The molecular weight excluding hydrogens is 246 g/mol. The fourth-order valence-corrected chi connectivity index (χ4v) is 1.61. The molecule has 2 nitrogen and oxygen atoms in total. The molecule has 0 heterocycles. The second-order valence-electron chi connectivity index (χ2n) is 3.62. The van der Waals surface area contributed by atoms with Crippen molar-refractivity contribution in [2.24, 2.45) is 4.99 Å². The van der Waals surface area contributed by atoms with Crippen LogP contribution >= 0.6 is 11.6 Å². The molecule has 0 N–H and O–H groups in total. The van der Waals surface area contributed by atoms with Gasteiger partial charge >= 0.3 is 0 Å². The van der Waals surface area contributed by atoms with E-state index >= 15 is 0 Å². The van der Waals surface area contributed by atoms with Gasteiger partial charge < -0.3 is 4.74 Å². The van der Waals surface area contributed by atoms with E-state index in [-0.39, 0.29) is 0 Å². The maximum absolute atomic E-state index is 6.24. The molecule has 0 aromatic rings. The van der Waals surface area contributed by atoms with Crippen LogP contribution in [0.3, 0.4) is 0 Å². The molecule has 0 aromatic heterocycles. The van der Waals surface area contributed by atoms with Crippen molar-refractivity contribution in [3.63, 3.8) is 0 Å². The van der Waals surface area contributed by atoms with Crippen LogP contribution in [0.25, 0.3) is 0 Å². The topological polar surface area (TPSA) is 21.6 Å². The Bertz CT molecular complexity index is 439. The predicted octanol–water partition coefficient (Wildman–Crippen LogP) is 4.42. The first-order valence-electron chi connectivity index (χ1n) is 5.54. The predicted molar refractivity (Wildman–Crippen MR) is 81.2 cm³/mol. The van der Waals surface area contributed by atoms with E-state index in [1.54, 1.807) is 32.5 Å². The third-order valence-electron chi connectivity index (χ3n) is 2.10. The molecule has 98 valence electrons. The monoisotopic (exact) mass is 265 g/mol. The van der Waals surface area contributed by atoms with Crippen LogP contribution < -0.4 is 0 Å². The van der Waals surface area contributed by atoms with Gasteiger partial charge in [-0.2, -0.15) is 0 Å². The molecule has 0 aliphatic rings. The number of methoxy groups -OCH3 is 1. The van der Waals surface area contributed by atoms with Gasteiger partial charge in [-0.25, -0.2) is 0 Å². The summed E-state index contributed by atoms with van der Waals surface area (Å²) in [6, 6.07) is 0. The fourth-order valence-electron chi connectivity index (χ4n) is 1.41. The van der Waals surface area contributed by atoms with Crippen molar-refractivity contribution in [1.82, 2.24) is 0 Å². The van der Waals surface area contributed by atoms with Gasteiger partial charge in [0.15, 0.2) is 0 Å². The number of aliphatic imine (C=N–C) groups is 1. The van der Waals surface area contributed by atoms with E-state index in [4.69, 9.17) is 16.3 Å². The molecule has 0 aliphatic carbocycles. The first-order chi connectivity index (χ1) is 8.51. The van der Waals surface area contributed by atoms with E-state index in [2.05, 4.69) is 18.2 Å².